The normalized spacial score (nSPS) is 14.8. The lowest BCUT2D eigenvalue weighted by atomic mass is 9.91. The molecule has 4 nitrogen and oxygen atoms in total. The fourth-order valence-electron chi connectivity index (χ4n) is 2.27. The third-order valence-electron chi connectivity index (χ3n) is 3.32. The van der Waals surface area contributed by atoms with Crippen LogP contribution < -0.4 is 5.32 Å². The van der Waals surface area contributed by atoms with Gasteiger partial charge in [0.2, 0.25) is 0 Å². The van der Waals surface area contributed by atoms with E-state index in [1.807, 2.05) is 35.9 Å². The molecular weight excluding hydrogens is 258 g/mol. The molecule has 0 saturated heterocycles. The molecular formula is C14H27N3OS. The van der Waals surface area contributed by atoms with Gasteiger partial charge in [-0.05, 0) is 25.0 Å². The molecule has 1 aromatic heterocycles. The van der Waals surface area contributed by atoms with Crippen molar-refractivity contribution < 1.29 is 5.11 Å². The molecule has 110 valence electrons. The average molecular weight is 285 g/mol. The van der Waals surface area contributed by atoms with E-state index in [2.05, 4.69) is 31.2 Å². The van der Waals surface area contributed by atoms with Crippen LogP contribution in [0.2, 0.25) is 0 Å². The van der Waals surface area contributed by atoms with Crippen LogP contribution in [0, 0.1) is 0 Å². The molecule has 1 heterocycles. The Morgan fingerprint density at radius 3 is 2.74 bits per heavy atom. The average Bonchev–Trinajstić information content (AvgIpc) is 2.78. The van der Waals surface area contributed by atoms with Crippen LogP contribution in [-0.2, 0) is 7.05 Å². The zero-order valence-electron chi connectivity index (χ0n) is 12.5. The van der Waals surface area contributed by atoms with E-state index in [4.69, 9.17) is 0 Å². The van der Waals surface area contributed by atoms with Gasteiger partial charge in [-0.1, -0.05) is 20.8 Å². The summed E-state index contributed by atoms with van der Waals surface area (Å²) < 4.78 is 1.83. The number of aliphatic hydroxyl groups excluding tert-OH is 1. The van der Waals surface area contributed by atoms with Crippen molar-refractivity contribution in [3.05, 3.63) is 12.4 Å². The summed E-state index contributed by atoms with van der Waals surface area (Å²) in [6.45, 7) is 6.61. The Balaban J connectivity index is 2.35. The number of thioether (sulfide) groups is 1. The van der Waals surface area contributed by atoms with Crippen LogP contribution in [0.25, 0.3) is 0 Å². The SMILES string of the molecule is CCC(CO)(CCCSc1cnn(C)c1)NC(C)C. The smallest absolute Gasteiger partial charge is 0.0625 e. The zero-order chi connectivity index (χ0) is 14.3. The van der Waals surface area contributed by atoms with Gasteiger partial charge in [0.15, 0.2) is 0 Å². The number of nitrogens with one attached hydrogen (secondary N) is 1. The molecule has 0 bridgehead atoms. The molecule has 0 amide bonds. The molecule has 1 rings (SSSR count). The first kappa shape index (κ1) is 16.5. The minimum absolute atomic E-state index is 0.121. The van der Waals surface area contributed by atoms with Gasteiger partial charge in [-0.3, -0.25) is 4.68 Å². The standard InChI is InChI=1S/C14H27N3OS/c1-5-14(11-18,16-12(2)3)7-6-8-19-13-9-15-17(4)10-13/h9-10,12,16,18H,5-8,11H2,1-4H3. The highest BCUT2D eigenvalue weighted by molar-refractivity contribution is 7.99. The Bertz CT molecular complexity index is 361. The van der Waals surface area contributed by atoms with Gasteiger partial charge in [-0.15, -0.1) is 11.8 Å². The summed E-state index contributed by atoms with van der Waals surface area (Å²) in [6.07, 6.45) is 6.99. The molecule has 2 N–H and O–H groups in total. The van der Waals surface area contributed by atoms with E-state index in [0.717, 1.165) is 25.0 Å². The maximum absolute atomic E-state index is 9.66. The van der Waals surface area contributed by atoms with E-state index < -0.39 is 0 Å². The van der Waals surface area contributed by atoms with Gasteiger partial charge in [0.1, 0.15) is 0 Å². The van der Waals surface area contributed by atoms with Crippen molar-refractivity contribution in [2.75, 3.05) is 12.4 Å². The monoisotopic (exact) mass is 285 g/mol. The van der Waals surface area contributed by atoms with Crippen molar-refractivity contribution in [3.8, 4) is 0 Å². The zero-order valence-corrected chi connectivity index (χ0v) is 13.3. The fraction of sp³-hybridized carbons (Fsp3) is 0.786. The van der Waals surface area contributed by atoms with Crippen LogP contribution in [0.5, 0.6) is 0 Å². The molecule has 0 radical (unpaired) electrons. The van der Waals surface area contributed by atoms with Gasteiger partial charge >= 0.3 is 0 Å². The largest absolute Gasteiger partial charge is 0.394 e. The molecule has 0 saturated carbocycles. The number of rotatable bonds is 9. The summed E-state index contributed by atoms with van der Waals surface area (Å²) in [7, 11) is 1.94. The van der Waals surface area contributed by atoms with Gasteiger partial charge in [-0.2, -0.15) is 5.10 Å². The van der Waals surface area contributed by atoms with Crippen molar-refractivity contribution in [1.29, 1.82) is 0 Å². The molecule has 5 heteroatoms. The fourth-order valence-corrected chi connectivity index (χ4v) is 3.15. The molecule has 0 aliphatic heterocycles. The Hall–Kier alpha value is -0.520. The van der Waals surface area contributed by atoms with Crippen LogP contribution >= 0.6 is 11.8 Å². The summed E-state index contributed by atoms with van der Waals surface area (Å²) in [5, 5.41) is 17.3. The summed E-state index contributed by atoms with van der Waals surface area (Å²) in [4.78, 5) is 1.21. The van der Waals surface area contributed by atoms with E-state index in [1.54, 1.807) is 0 Å². The minimum Gasteiger partial charge on any atom is -0.394 e. The highest BCUT2D eigenvalue weighted by Crippen LogP contribution is 2.23. The second kappa shape index (κ2) is 7.92. The summed E-state index contributed by atoms with van der Waals surface area (Å²) in [5.41, 5.74) is -0.121. The van der Waals surface area contributed by atoms with E-state index in [9.17, 15) is 5.11 Å². The van der Waals surface area contributed by atoms with Crippen molar-refractivity contribution in [1.82, 2.24) is 15.1 Å². The first-order valence-electron chi connectivity index (χ1n) is 7.01. The highest BCUT2D eigenvalue weighted by atomic mass is 32.2. The van der Waals surface area contributed by atoms with Crippen molar-refractivity contribution in [3.63, 3.8) is 0 Å². The number of hydrogen-bond donors (Lipinski definition) is 2. The number of hydrogen-bond acceptors (Lipinski definition) is 4. The summed E-state index contributed by atoms with van der Waals surface area (Å²) >= 11 is 1.83. The third kappa shape index (κ3) is 5.55. The number of nitrogens with zero attached hydrogens (tertiary/aromatic N) is 2. The van der Waals surface area contributed by atoms with E-state index in [-0.39, 0.29) is 12.1 Å². The number of aromatic nitrogens is 2. The molecule has 0 spiro atoms. The second-order valence-corrected chi connectivity index (χ2v) is 6.56. The van der Waals surface area contributed by atoms with E-state index in [1.165, 1.54) is 4.90 Å². The topological polar surface area (TPSA) is 50.1 Å². The van der Waals surface area contributed by atoms with Crippen molar-refractivity contribution in [2.24, 2.45) is 7.05 Å². The number of aryl methyl sites for hydroxylation is 1. The minimum atomic E-state index is -0.121. The lowest BCUT2D eigenvalue weighted by Crippen LogP contribution is -2.51. The molecule has 0 aromatic carbocycles. The lowest BCUT2D eigenvalue weighted by Gasteiger charge is -2.34. The van der Waals surface area contributed by atoms with E-state index in [0.29, 0.717) is 6.04 Å². The van der Waals surface area contributed by atoms with E-state index >= 15 is 0 Å². The Morgan fingerprint density at radius 2 is 2.26 bits per heavy atom. The van der Waals surface area contributed by atoms with Crippen molar-refractivity contribution >= 4 is 11.8 Å². The quantitative estimate of drug-likeness (QED) is 0.540. The summed E-state index contributed by atoms with van der Waals surface area (Å²) in [6, 6.07) is 0.401. The van der Waals surface area contributed by atoms with Crippen LogP contribution in [0.1, 0.15) is 40.0 Å². The molecule has 0 aliphatic carbocycles. The molecule has 19 heavy (non-hydrogen) atoms. The van der Waals surface area contributed by atoms with Crippen molar-refractivity contribution in [2.45, 2.75) is 56.5 Å². The van der Waals surface area contributed by atoms with Gasteiger partial charge in [0.25, 0.3) is 0 Å². The lowest BCUT2D eigenvalue weighted by molar-refractivity contribution is 0.137. The van der Waals surface area contributed by atoms with Gasteiger partial charge in [0, 0.05) is 29.7 Å². The van der Waals surface area contributed by atoms with Crippen LogP contribution in [0.3, 0.4) is 0 Å². The second-order valence-electron chi connectivity index (χ2n) is 5.39. The van der Waals surface area contributed by atoms with Gasteiger partial charge in [-0.25, -0.2) is 0 Å². The molecule has 0 fully saturated rings. The molecule has 0 aliphatic rings. The van der Waals surface area contributed by atoms with Gasteiger partial charge < -0.3 is 10.4 Å². The molecule has 1 unspecified atom stereocenters. The Labute approximate surface area is 121 Å². The first-order chi connectivity index (χ1) is 9.01. The third-order valence-corrected chi connectivity index (χ3v) is 4.36. The van der Waals surface area contributed by atoms with Gasteiger partial charge in [0.05, 0.1) is 12.8 Å². The van der Waals surface area contributed by atoms with Crippen LogP contribution in [0.4, 0.5) is 0 Å². The highest BCUT2D eigenvalue weighted by Gasteiger charge is 2.26. The predicted molar refractivity (Wildman–Crippen MR) is 81.5 cm³/mol. The first-order valence-corrected chi connectivity index (χ1v) is 8.00. The number of aliphatic hydroxyl groups is 1. The Morgan fingerprint density at radius 1 is 1.53 bits per heavy atom. The van der Waals surface area contributed by atoms with Crippen LogP contribution in [-0.4, -0.2) is 38.8 Å². The molecule has 1 aromatic rings. The maximum Gasteiger partial charge on any atom is 0.0625 e. The predicted octanol–water partition coefficient (Wildman–Crippen LogP) is 2.43. The van der Waals surface area contributed by atoms with Crippen LogP contribution in [0.15, 0.2) is 17.3 Å². The molecule has 1 atom stereocenters. The maximum atomic E-state index is 9.66. The summed E-state index contributed by atoms with van der Waals surface area (Å²) in [5.74, 6) is 1.06. The Kier molecular flexibility index (Phi) is 6.89.